The number of aromatic nitrogens is 1. The molecule has 0 saturated carbocycles. The van der Waals surface area contributed by atoms with Crippen molar-refractivity contribution in [2.45, 2.75) is 32.3 Å². The molecule has 3 N–H and O–H groups in total. The van der Waals surface area contributed by atoms with E-state index in [1.165, 1.54) is 12.3 Å². The summed E-state index contributed by atoms with van der Waals surface area (Å²) in [5.41, 5.74) is 1.61. The highest BCUT2D eigenvalue weighted by Gasteiger charge is 2.22. The van der Waals surface area contributed by atoms with Crippen LogP contribution in [0.5, 0.6) is 0 Å². The molecule has 0 bridgehead atoms. The molecule has 0 amide bonds. The van der Waals surface area contributed by atoms with Gasteiger partial charge in [-0.2, -0.15) is 0 Å². The van der Waals surface area contributed by atoms with Crippen molar-refractivity contribution in [2.24, 2.45) is 5.84 Å². The number of nitrogens with zero attached hydrogens (tertiary/aromatic N) is 3. The summed E-state index contributed by atoms with van der Waals surface area (Å²) in [7, 11) is 0. The fourth-order valence-electron chi connectivity index (χ4n) is 2.37. The van der Waals surface area contributed by atoms with Gasteiger partial charge in [0, 0.05) is 18.2 Å². The highest BCUT2D eigenvalue weighted by Crippen LogP contribution is 2.31. The van der Waals surface area contributed by atoms with Gasteiger partial charge in [0.05, 0.1) is 16.7 Å². The second kappa shape index (κ2) is 7.82. The number of hydrogen-bond donors (Lipinski definition) is 2. The Labute approximate surface area is 145 Å². The Bertz CT molecular complexity index is 762. The Morgan fingerprint density at radius 2 is 2.00 bits per heavy atom. The van der Waals surface area contributed by atoms with Crippen LogP contribution in [0.4, 0.5) is 17.2 Å². The molecule has 132 valence electrons. The maximum atomic E-state index is 11.4. The van der Waals surface area contributed by atoms with E-state index in [0.717, 1.165) is 10.6 Å². The van der Waals surface area contributed by atoms with Crippen molar-refractivity contribution in [1.82, 2.24) is 4.98 Å². The van der Waals surface area contributed by atoms with Crippen LogP contribution in [0.3, 0.4) is 0 Å². The molecule has 25 heavy (non-hydrogen) atoms. The number of carbonyl (C=O) groups excluding carboxylic acids is 1. The molecule has 0 aliphatic carbocycles. The highest BCUT2D eigenvalue weighted by atomic mass is 16.6. The van der Waals surface area contributed by atoms with Gasteiger partial charge in [-0.25, -0.2) is 10.8 Å². The number of pyridine rings is 1. The van der Waals surface area contributed by atoms with Crippen LogP contribution in [0.25, 0.3) is 0 Å². The lowest BCUT2D eigenvalue weighted by atomic mass is 10.0. The zero-order chi connectivity index (χ0) is 18.6. The first-order chi connectivity index (χ1) is 11.8. The van der Waals surface area contributed by atoms with Gasteiger partial charge in [-0.05, 0) is 36.6 Å². The Balaban J connectivity index is 2.36. The van der Waals surface area contributed by atoms with E-state index in [9.17, 15) is 20.0 Å². The SMILES string of the molecule is CC(C=O)c1cnc(N(N)c2ccc(C[C@H](C)O)cc2)c([N+](=O)[O-])c1. The van der Waals surface area contributed by atoms with E-state index < -0.39 is 16.9 Å². The van der Waals surface area contributed by atoms with Gasteiger partial charge in [0.25, 0.3) is 0 Å². The number of hydrazine groups is 1. The summed E-state index contributed by atoms with van der Waals surface area (Å²) in [6.07, 6.45) is 2.14. The minimum Gasteiger partial charge on any atom is -0.393 e. The lowest BCUT2D eigenvalue weighted by Gasteiger charge is -2.18. The molecule has 2 aromatic rings. The summed E-state index contributed by atoms with van der Waals surface area (Å²) < 4.78 is 0. The largest absolute Gasteiger partial charge is 0.393 e. The van der Waals surface area contributed by atoms with Crippen LogP contribution in [0.2, 0.25) is 0 Å². The zero-order valence-corrected chi connectivity index (χ0v) is 14.0. The van der Waals surface area contributed by atoms with Crippen LogP contribution in [-0.4, -0.2) is 27.4 Å². The van der Waals surface area contributed by atoms with Gasteiger partial charge in [-0.3, -0.25) is 15.1 Å². The first kappa shape index (κ1) is 18.5. The lowest BCUT2D eigenvalue weighted by Crippen LogP contribution is -2.27. The van der Waals surface area contributed by atoms with Crippen LogP contribution in [0, 0.1) is 10.1 Å². The van der Waals surface area contributed by atoms with Crippen LogP contribution < -0.4 is 10.9 Å². The molecule has 0 aliphatic heterocycles. The van der Waals surface area contributed by atoms with Gasteiger partial charge in [-0.1, -0.05) is 19.1 Å². The third kappa shape index (κ3) is 4.37. The number of nitro groups is 1. The Kier molecular flexibility index (Phi) is 5.79. The number of carbonyl (C=O) groups is 1. The average molecular weight is 344 g/mol. The number of aliphatic hydroxyl groups is 1. The van der Waals surface area contributed by atoms with E-state index in [1.807, 2.05) is 0 Å². The van der Waals surface area contributed by atoms with E-state index in [2.05, 4.69) is 4.98 Å². The van der Waals surface area contributed by atoms with Crippen molar-refractivity contribution in [2.75, 3.05) is 5.01 Å². The number of hydrogen-bond acceptors (Lipinski definition) is 7. The van der Waals surface area contributed by atoms with Crippen LogP contribution in [0.15, 0.2) is 36.5 Å². The molecule has 2 atom stereocenters. The smallest absolute Gasteiger partial charge is 0.313 e. The van der Waals surface area contributed by atoms with E-state index in [0.29, 0.717) is 24.0 Å². The summed E-state index contributed by atoms with van der Waals surface area (Å²) in [6, 6.07) is 8.28. The molecule has 8 heteroatoms. The zero-order valence-electron chi connectivity index (χ0n) is 14.0. The first-order valence-corrected chi connectivity index (χ1v) is 7.75. The Hall–Kier alpha value is -2.84. The van der Waals surface area contributed by atoms with Gasteiger partial charge in [0.1, 0.15) is 6.29 Å². The summed E-state index contributed by atoms with van der Waals surface area (Å²) in [4.78, 5) is 25.7. The van der Waals surface area contributed by atoms with Gasteiger partial charge in [0.2, 0.25) is 5.82 Å². The van der Waals surface area contributed by atoms with E-state index >= 15 is 0 Å². The average Bonchev–Trinajstić information content (AvgIpc) is 2.60. The first-order valence-electron chi connectivity index (χ1n) is 7.75. The van der Waals surface area contributed by atoms with Gasteiger partial charge in [-0.15, -0.1) is 0 Å². The van der Waals surface area contributed by atoms with E-state index in [1.54, 1.807) is 38.1 Å². The summed E-state index contributed by atoms with van der Waals surface area (Å²) in [6.45, 7) is 3.33. The van der Waals surface area contributed by atoms with Crippen molar-refractivity contribution in [3.05, 3.63) is 57.8 Å². The van der Waals surface area contributed by atoms with Crippen molar-refractivity contribution in [3.8, 4) is 0 Å². The van der Waals surface area contributed by atoms with E-state index in [-0.39, 0.29) is 11.5 Å². The maximum Gasteiger partial charge on any atom is 0.313 e. The number of aldehydes is 1. The molecule has 0 spiro atoms. The lowest BCUT2D eigenvalue weighted by molar-refractivity contribution is -0.384. The maximum absolute atomic E-state index is 11.4. The molecule has 8 nitrogen and oxygen atoms in total. The van der Waals surface area contributed by atoms with Crippen LogP contribution >= 0.6 is 0 Å². The molecule has 1 unspecified atom stereocenters. The Morgan fingerprint density at radius 3 is 2.52 bits per heavy atom. The number of anilines is 2. The monoisotopic (exact) mass is 344 g/mol. The predicted octanol–water partition coefficient (Wildman–Crippen LogP) is 2.23. The standard InChI is InChI=1S/C17H20N4O4/c1-11(10-22)14-8-16(21(24)25)17(19-9-14)20(18)15-5-3-13(4-6-15)7-12(2)23/h3-6,8-12,23H,7,18H2,1-2H3/t11?,12-/m0/s1. The minimum absolute atomic E-state index is 0.0184. The van der Waals surface area contributed by atoms with E-state index in [4.69, 9.17) is 5.84 Å². The minimum atomic E-state index is -0.578. The summed E-state index contributed by atoms with van der Waals surface area (Å²) in [5, 5.41) is 21.9. The molecule has 1 heterocycles. The third-order valence-corrected chi connectivity index (χ3v) is 3.77. The summed E-state index contributed by atoms with van der Waals surface area (Å²) in [5.74, 6) is 5.50. The van der Waals surface area contributed by atoms with Crippen molar-refractivity contribution < 1.29 is 14.8 Å². The topological polar surface area (TPSA) is 123 Å². The van der Waals surface area contributed by atoms with Gasteiger partial charge >= 0.3 is 5.69 Å². The molecule has 1 aromatic heterocycles. The molecule has 0 aliphatic rings. The number of nitrogens with two attached hydrogens (primary N) is 1. The fraction of sp³-hybridized carbons (Fsp3) is 0.294. The van der Waals surface area contributed by atoms with Gasteiger partial charge < -0.3 is 9.90 Å². The van der Waals surface area contributed by atoms with Gasteiger partial charge in [0.15, 0.2) is 0 Å². The molecular weight excluding hydrogens is 324 g/mol. The molecule has 2 rings (SSSR count). The predicted molar refractivity (Wildman–Crippen MR) is 93.5 cm³/mol. The molecule has 0 saturated heterocycles. The van der Waals surface area contributed by atoms with Crippen LogP contribution in [-0.2, 0) is 11.2 Å². The van der Waals surface area contributed by atoms with Crippen molar-refractivity contribution in [3.63, 3.8) is 0 Å². The quantitative estimate of drug-likeness (QED) is 0.342. The second-order valence-electron chi connectivity index (χ2n) is 5.88. The third-order valence-electron chi connectivity index (χ3n) is 3.77. The molecule has 0 fully saturated rings. The summed E-state index contributed by atoms with van der Waals surface area (Å²) >= 11 is 0. The fourth-order valence-corrected chi connectivity index (χ4v) is 2.37. The van der Waals surface area contributed by atoms with Crippen molar-refractivity contribution in [1.29, 1.82) is 0 Å². The molecular formula is C17H20N4O4. The van der Waals surface area contributed by atoms with Crippen molar-refractivity contribution >= 4 is 23.5 Å². The Morgan fingerprint density at radius 1 is 1.36 bits per heavy atom. The van der Waals surface area contributed by atoms with Crippen LogP contribution in [0.1, 0.15) is 30.9 Å². The second-order valence-corrected chi connectivity index (χ2v) is 5.88. The number of aliphatic hydroxyl groups excluding tert-OH is 1. The number of rotatable bonds is 7. The highest BCUT2D eigenvalue weighted by molar-refractivity contribution is 5.69. The normalized spacial score (nSPS) is 13.1. The number of benzene rings is 1. The molecule has 0 radical (unpaired) electrons. The molecule has 1 aromatic carbocycles.